The molecule has 0 radical (unpaired) electrons. The zero-order chi connectivity index (χ0) is 19.6. The number of carboxylic acid groups (broad SMARTS) is 1. The Hall–Kier alpha value is -2.41. The van der Waals surface area contributed by atoms with Gasteiger partial charge in [-0.05, 0) is 42.5 Å². The molecule has 0 aliphatic rings. The van der Waals surface area contributed by atoms with Crippen molar-refractivity contribution < 1.29 is 23.1 Å². The topological polar surface area (TPSA) is 76.2 Å². The number of hydrogen-bond acceptors (Lipinski definition) is 3. The highest BCUT2D eigenvalue weighted by Crippen LogP contribution is 2.35. The third-order valence-corrected chi connectivity index (χ3v) is 4.09. The van der Waals surface area contributed by atoms with Gasteiger partial charge in [0.25, 0.3) is 0 Å². The molecule has 140 valence electrons. The third-order valence-electron chi connectivity index (χ3n) is 4.09. The number of hydrogen-bond donors (Lipinski definition) is 2. The molecule has 3 N–H and O–H groups in total. The molecule has 7 heteroatoms. The summed E-state index contributed by atoms with van der Waals surface area (Å²) in [6.07, 6.45) is -3.86. The number of aromatic carboxylic acids is 1. The van der Waals surface area contributed by atoms with E-state index in [1.165, 1.54) is 12.1 Å². The van der Waals surface area contributed by atoms with Gasteiger partial charge in [0.1, 0.15) is 0 Å². The minimum Gasteiger partial charge on any atom is -0.478 e. The predicted molar refractivity (Wildman–Crippen MR) is 92.8 cm³/mol. The van der Waals surface area contributed by atoms with Gasteiger partial charge >= 0.3 is 12.1 Å². The fourth-order valence-corrected chi connectivity index (χ4v) is 2.98. The fourth-order valence-electron chi connectivity index (χ4n) is 2.98. The monoisotopic (exact) mass is 366 g/mol. The van der Waals surface area contributed by atoms with E-state index in [4.69, 9.17) is 5.73 Å². The van der Waals surface area contributed by atoms with E-state index < -0.39 is 17.7 Å². The molecule has 0 aliphatic carbocycles. The van der Waals surface area contributed by atoms with E-state index in [0.29, 0.717) is 34.5 Å². The van der Waals surface area contributed by atoms with E-state index in [1.54, 1.807) is 6.92 Å². The third kappa shape index (κ3) is 4.04. The molecule has 0 aliphatic heterocycles. The van der Waals surface area contributed by atoms with Gasteiger partial charge in [0.05, 0.1) is 16.8 Å². The summed E-state index contributed by atoms with van der Waals surface area (Å²) in [6.45, 7) is 5.63. The van der Waals surface area contributed by atoms with Gasteiger partial charge in [-0.15, -0.1) is 0 Å². The zero-order valence-corrected chi connectivity index (χ0v) is 14.8. The van der Waals surface area contributed by atoms with E-state index in [2.05, 4.69) is 4.98 Å². The molecule has 0 amide bonds. The lowest BCUT2D eigenvalue weighted by molar-refractivity contribution is -0.137. The average molecular weight is 366 g/mol. The molecule has 2 aromatic rings. The van der Waals surface area contributed by atoms with Gasteiger partial charge in [0.15, 0.2) is 0 Å². The summed E-state index contributed by atoms with van der Waals surface area (Å²) in [6, 6.07) is 4.45. The number of alkyl halides is 3. The molecule has 2 rings (SSSR count). The highest BCUT2D eigenvalue weighted by Gasteiger charge is 2.30. The van der Waals surface area contributed by atoms with Crippen LogP contribution in [0.4, 0.5) is 13.2 Å². The Balaban J connectivity index is 2.75. The second-order valence-corrected chi connectivity index (χ2v) is 6.55. The number of aryl methyl sites for hydroxylation is 1. The molecule has 1 aromatic heterocycles. The second kappa shape index (κ2) is 7.45. The van der Waals surface area contributed by atoms with Crippen molar-refractivity contribution in [1.29, 1.82) is 0 Å². The van der Waals surface area contributed by atoms with Crippen LogP contribution in [-0.4, -0.2) is 16.1 Å². The Labute approximate surface area is 149 Å². The maximum Gasteiger partial charge on any atom is 0.416 e. The van der Waals surface area contributed by atoms with Crippen molar-refractivity contribution in [3.05, 3.63) is 52.3 Å². The molecule has 4 nitrogen and oxygen atoms in total. The smallest absolute Gasteiger partial charge is 0.416 e. The number of nitrogens with zero attached hydrogens (tertiary/aromatic N) is 1. The van der Waals surface area contributed by atoms with Crippen LogP contribution in [0.5, 0.6) is 0 Å². The molecule has 1 heterocycles. The first-order valence-corrected chi connectivity index (χ1v) is 8.19. The van der Waals surface area contributed by atoms with E-state index in [1.807, 2.05) is 13.8 Å². The van der Waals surface area contributed by atoms with Crippen molar-refractivity contribution in [2.75, 3.05) is 0 Å². The van der Waals surface area contributed by atoms with Crippen LogP contribution in [0.3, 0.4) is 0 Å². The second-order valence-electron chi connectivity index (χ2n) is 6.55. The lowest BCUT2D eigenvalue weighted by Crippen LogP contribution is -2.15. The molecule has 0 bridgehead atoms. The van der Waals surface area contributed by atoms with Gasteiger partial charge in [-0.25, -0.2) is 4.79 Å². The molecule has 0 spiro atoms. The van der Waals surface area contributed by atoms with Gasteiger partial charge in [-0.3, -0.25) is 4.98 Å². The summed E-state index contributed by atoms with van der Waals surface area (Å²) in [7, 11) is 0. The quantitative estimate of drug-likeness (QED) is 0.821. The highest BCUT2D eigenvalue weighted by atomic mass is 19.4. The van der Waals surface area contributed by atoms with Crippen LogP contribution in [0, 0.1) is 12.8 Å². The summed E-state index contributed by atoms with van der Waals surface area (Å²) in [5.41, 5.74) is 7.33. The van der Waals surface area contributed by atoms with Gasteiger partial charge in [-0.1, -0.05) is 26.0 Å². The lowest BCUT2D eigenvalue weighted by atomic mass is 9.89. The van der Waals surface area contributed by atoms with Crippen LogP contribution >= 0.6 is 0 Å². The van der Waals surface area contributed by atoms with Crippen LogP contribution < -0.4 is 5.73 Å². The van der Waals surface area contributed by atoms with Crippen LogP contribution in [-0.2, 0) is 19.1 Å². The Bertz CT molecular complexity index is 813. The molecule has 1 aromatic carbocycles. The van der Waals surface area contributed by atoms with Gasteiger partial charge in [0, 0.05) is 17.8 Å². The lowest BCUT2D eigenvalue weighted by Gasteiger charge is -2.19. The number of pyridine rings is 1. The largest absolute Gasteiger partial charge is 0.478 e. The molecular weight excluding hydrogens is 345 g/mol. The maximum absolute atomic E-state index is 12.8. The van der Waals surface area contributed by atoms with Crippen LogP contribution in [0.25, 0.3) is 11.1 Å². The Morgan fingerprint density at radius 3 is 2.23 bits per heavy atom. The van der Waals surface area contributed by atoms with Crippen LogP contribution in [0.2, 0.25) is 0 Å². The Kier molecular flexibility index (Phi) is 5.71. The van der Waals surface area contributed by atoms with Crippen LogP contribution in [0.1, 0.15) is 46.7 Å². The average Bonchev–Trinajstić information content (AvgIpc) is 2.52. The minimum absolute atomic E-state index is 0.0299. The van der Waals surface area contributed by atoms with Crippen molar-refractivity contribution in [2.45, 2.75) is 39.9 Å². The van der Waals surface area contributed by atoms with Gasteiger partial charge in [-0.2, -0.15) is 13.2 Å². The first-order valence-electron chi connectivity index (χ1n) is 8.19. The number of benzene rings is 1. The normalized spacial score (nSPS) is 11.8. The number of halogens is 3. The first kappa shape index (κ1) is 19.9. The van der Waals surface area contributed by atoms with Gasteiger partial charge in [0.2, 0.25) is 0 Å². The molecule has 0 atom stereocenters. The SMILES string of the molecule is Cc1nc(CC(C)C)c(CN)c(-c2ccc(C(F)(F)F)cc2)c1C(=O)O. The van der Waals surface area contributed by atoms with E-state index in [9.17, 15) is 23.1 Å². The van der Waals surface area contributed by atoms with E-state index >= 15 is 0 Å². The fraction of sp³-hybridized carbons (Fsp3) is 0.368. The maximum atomic E-state index is 12.8. The highest BCUT2D eigenvalue weighted by molar-refractivity contribution is 5.98. The van der Waals surface area contributed by atoms with Crippen molar-refractivity contribution in [2.24, 2.45) is 11.7 Å². The standard InChI is InChI=1S/C19H21F3N2O2/c1-10(2)8-15-14(9-23)17(16(18(25)26)11(3)24-15)12-4-6-13(7-5-12)19(20,21)22/h4-7,10H,8-9,23H2,1-3H3,(H,25,26). The Morgan fingerprint density at radius 1 is 1.23 bits per heavy atom. The summed E-state index contributed by atoms with van der Waals surface area (Å²) < 4.78 is 38.5. The first-order chi connectivity index (χ1) is 12.1. The number of aromatic nitrogens is 1. The summed E-state index contributed by atoms with van der Waals surface area (Å²) in [4.78, 5) is 16.2. The molecule has 26 heavy (non-hydrogen) atoms. The molecular formula is C19H21F3N2O2. The van der Waals surface area contributed by atoms with Crippen molar-refractivity contribution in [1.82, 2.24) is 4.98 Å². The van der Waals surface area contributed by atoms with E-state index in [-0.39, 0.29) is 18.0 Å². The molecule has 0 saturated heterocycles. The zero-order valence-electron chi connectivity index (χ0n) is 14.8. The predicted octanol–water partition coefficient (Wildman–Crippen LogP) is 4.43. The Morgan fingerprint density at radius 2 is 1.81 bits per heavy atom. The van der Waals surface area contributed by atoms with E-state index in [0.717, 1.165) is 12.1 Å². The van der Waals surface area contributed by atoms with Crippen molar-refractivity contribution >= 4 is 5.97 Å². The number of carboxylic acids is 1. The summed E-state index contributed by atoms with van der Waals surface area (Å²) >= 11 is 0. The molecule has 0 saturated carbocycles. The minimum atomic E-state index is -4.46. The molecule has 0 fully saturated rings. The van der Waals surface area contributed by atoms with Crippen LogP contribution in [0.15, 0.2) is 24.3 Å². The number of rotatable bonds is 5. The molecule has 0 unspecified atom stereocenters. The number of nitrogens with two attached hydrogens (primary N) is 1. The summed E-state index contributed by atoms with van der Waals surface area (Å²) in [5, 5.41) is 9.62. The summed E-state index contributed by atoms with van der Waals surface area (Å²) in [5.74, 6) is -0.918. The number of carbonyl (C=O) groups is 1. The van der Waals surface area contributed by atoms with Crippen molar-refractivity contribution in [3.8, 4) is 11.1 Å². The van der Waals surface area contributed by atoms with Gasteiger partial charge < -0.3 is 10.8 Å². The van der Waals surface area contributed by atoms with Crippen molar-refractivity contribution in [3.63, 3.8) is 0 Å².